The molecule has 0 saturated heterocycles. The molecule has 0 spiro atoms. The summed E-state index contributed by atoms with van der Waals surface area (Å²) in [6, 6.07) is 5.91. The first-order chi connectivity index (χ1) is 7.54. The highest BCUT2D eigenvalue weighted by Gasteiger charge is 2.05. The molecule has 0 atom stereocenters. The molecule has 0 aliphatic heterocycles. The molecule has 16 heavy (non-hydrogen) atoms. The Balaban J connectivity index is 3.11. The molecule has 0 aliphatic rings. The summed E-state index contributed by atoms with van der Waals surface area (Å²) in [5.41, 5.74) is 2.99. The van der Waals surface area contributed by atoms with E-state index in [2.05, 4.69) is 15.9 Å². The molecule has 0 aromatic heterocycles. The minimum absolute atomic E-state index is 0.785. The van der Waals surface area contributed by atoms with Crippen LogP contribution in [0.25, 0.3) is 5.57 Å². The second kappa shape index (κ2) is 5.85. The predicted octanol–water partition coefficient (Wildman–Crippen LogP) is 4.03. The molecule has 1 rings (SSSR count). The van der Waals surface area contributed by atoms with E-state index in [1.807, 2.05) is 32.0 Å². The van der Waals surface area contributed by atoms with Crippen LogP contribution in [-0.2, 0) is 4.79 Å². The first kappa shape index (κ1) is 13.0. The van der Waals surface area contributed by atoms with Crippen molar-refractivity contribution < 1.29 is 9.90 Å². The molecule has 0 fully saturated rings. The van der Waals surface area contributed by atoms with Crippen molar-refractivity contribution in [3.8, 4) is 0 Å². The minimum atomic E-state index is -0.885. The molecular weight excluding hydrogens is 268 g/mol. The number of hydrogen-bond acceptors (Lipinski definition) is 1. The van der Waals surface area contributed by atoms with Crippen molar-refractivity contribution in [2.45, 2.75) is 26.7 Å². The van der Waals surface area contributed by atoms with Crippen molar-refractivity contribution in [3.63, 3.8) is 0 Å². The van der Waals surface area contributed by atoms with Gasteiger partial charge in [-0.2, -0.15) is 0 Å². The lowest BCUT2D eigenvalue weighted by Crippen LogP contribution is -1.93. The van der Waals surface area contributed by atoms with Crippen molar-refractivity contribution in [2.24, 2.45) is 0 Å². The summed E-state index contributed by atoms with van der Waals surface area (Å²) < 4.78 is 1.04. The molecule has 0 heterocycles. The van der Waals surface area contributed by atoms with Gasteiger partial charge in [-0.1, -0.05) is 41.4 Å². The first-order valence-corrected chi connectivity index (χ1v) is 6.04. The van der Waals surface area contributed by atoms with Crippen LogP contribution in [0, 0.1) is 6.92 Å². The Kier molecular flexibility index (Phi) is 4.74. The Morgan fingerprint density at radius 2 is 2.19 bits per heavy atom. The summed E-state index contributed by atoms with van der Waals surface area (Å²) >= 11 is 3.43. The van der Waals surface area contributed by atoms with E-state index in [0.29, 0.717) is 0 Å². The van der Waals surface area contributed by atoms with Crippen LogP contribution in [0.15, 0.2) is 28.7 Å². The fraction of sp³-hybridized carbons (Fsp3) is 0.308. The zero-order valence-corrected chi connectivity index (χ0v) is 11.0. The number of benzene rings is 1. The summed E-state index contributed by atoms with van der Waals surface area (Å²) in [7, 11) is 0. The third-order valence-corrected chi connectivity index (χ3v) is 3.24. The van der Waals surface area contributed by atoms with E-state index < -0.39 is 5.97 Å². The Morgan fingerprint density at radius 3 is 2.69 bits per heavy atom. The van der Waals surface area contributed by atoms with Crippen LogP contribution in [0.5, 0.6) is 0 Å². The van der Waals surface area contributed by atoms with Gasteiger partial charge in [-0.25, -0.2) is 4.79 Å². The van der Waals surface area contributed by atoms with Gasteiger partial charge in [0, 0.05) is 10.5 Å². The molecule has 3 heteroatoms. The first-order valence-electron chi connectivity index (χ1n) is 5.24. The smallest absolute Gasteiger partial charge is 0.328 e. The van der Waals surface area contributed by atoms with Gasteiger partial charge in [-0.3, -0.25) is 0 Å². The van der Waals surface area contributed by atoms with Crippen LogP contribution < -0.4 is 0 Å². The summed E-state index contributed by atoms with van der Waals surface area (Å²) in [5.74, 6) is -0.885. The number of carboxylic acids is 1. The van der Waals surface area contributed by atoms with Crippen LogP contribution in [0.4, 0.5) is 0 Å². The topological polar surface area (TPSA) is 37.3 Å². The summed E-state index contributed by atoms with van der Waals surface area (Å²) in [5, 5.41) is 8.81. The molecule has 1 N–H and O–H groups in total. The van der Waals surface area contributed by atoms with E-state index in [1.54, 1.807) is 0 Å². The molecule has 2 nitrogen and oxygen atoms in total. The number of halogens is 1. The fourth-order valence-electron chi connectivity index (χ4n) is 1.56. The number of rotatable bonds is 4. The van der Waals surface area contributed by atoms with Gasteiger partial charge in [0.2, 0.25) is 0 Å². The lowest BCUT2D eigenvalue weighted by atomic mass is 9.99. The average molecular weight is 283 g/mol. The third-order valence-electron chi connectivity index (χ3n) is 2.35. The quantitative estimate of drug-likeness (QED) is 0.847. The van der Waals surface area contributed by atoms with E-state index in [4.69, 9.17) is 5.11 Å². The number of carboxylic acid groups (broad SMARTS) is 1. The van der Waals surface area contributed by atoms with Crippen molar-refractivity contribution in [2.75, 3.05) is 0 Å². The van der Waals surface area contributed by atoms with Gasteiger partial charge >= 0.3 is 5.97 Å². The molecule has 1 aromatic rings. The monoisotopic (exact) mass is 282 g/mol. The van der Waals surface area contributed by atoms with E-state index in [1.165, 1.54) is 6.08 Å². The summed E-state index contributed by atoms with van der Waals surface area (Å²) in [6.45, 7) is 4.04. The average Bonchev–Trinajstić information content (AvgIpc) is 2.21. The second-order valence-electron chi connectivity index (χ2n) is 3.72. The van der Waals surface area contributed by atoms with Crippen LogP contribution in [0.1, 0.15) is 30.9 Å². The fourth-order valence-corrected chi connectivity index (χ4v) is 1.81. The molecule has 86 valence electrons. The number of aryl methyl sites for hydroxylation is 1. The highest BCUT2D eigenvalue weighted by atomic mass is 79.9. The van der Waals surface area contributed by atoms with Gasteiger partial charge in [0.25, 0.3) is 0 Å². The van der Waals surface area contributed by atoms with Gasteiger partial charge in [0.05, 0.1) is 0 Å². The number of aliphatic carboxylic acids is 1. The highest BCUT2D eigenvalue weighted by Crippen LogP contribution is 2.24. The number of carbonyl (C=O) groups is 1. The van der Waals surface area contributed by atoms with Gasteiger partial charge in [0.1, 0.15) is 0 Å². The highest BCUT2D eigenvalue weighted by molar-refractivity contribution is 9.10. The Hall–Kier alpha value is -1.09. The molecule has 0 saturated carbocycles. The molecule has 0 aliphatic carbocycles. The molecule has 0 amide bonds. The third kappa shape index (κ3) is 3.49. The minimum Gasteiger partial charge on any atom is -0.478 e. The zero-order valence-electron chi connectivity index (χ0n) is 9.46. The summed E-state index contributed by atoms with van der Waals surface area (Å²) in [4.78, 5) is 10.7. The van der Waals surface area contributed by atoms with Gasteiger partial charge in [-0.15, -0.1) is 0 Å². The van der Waals surface area contributed by atoms with Gasteiger partial charge < -0.3 is 5.11 Å². The predicted molar refractivity (Wildman–Crippen MR) is 69.4 cm³/mol. The Bertz CT molecular complexity index is 422. The maximum atomic E-state index is 10.7. The van der Waals surface area contributed by atoms with Crippen LogP contribution >= 0.6 is 15.9 Å². The lowest BCUT2D eigenvalue weighted by molar-refractivity contribution is -0.131. The van der Waals surface area contributed by atoms with E-state index in [9.17, 15) is 4.79 Å². The Labute approximate surface area is 104 Å². The second-order valence-corrected chi connectivity index (χ2v) is 4.58. The van der Waals surface area contributed by atoms with Crippen molar-refractivity contribution in [1.29, 1.82) is 0 Å². The van der Waals surface area contributed by atoms with Crippen molar-refractivity contribution in [1.82, 2.24) is 0 Å². The van der Waals surface area contributed by atoms with E-state index >= 15 is 0 Å². The zero-order chi connectivity index (χ0) is 12.1. The van der Waals surface area contributed by atoms with Crippen molar-refractivity contribution >= 4 is 27.5 Å². The largest absolute Gasteiger partial charge is 0.478 e. The van der Waals surface area contributed by atoms with Crippen LogP contribution in [0.2, 0.25) is 0 Å². The molecular formula is C13H15BrO2. The van der Waals surface area contributed by atoms with E-state index in [-0.39, 0.29) is 0 Å². The number of hydrogen-bond donors (Lipinski definition) is 1. The maximum absolute atomic E-state index is 10.7. The molecule has 1 aromatic carbocycles. The normalized spacial score (nSPS) is 11.6. The van der Waals surface area contributed by atoms with Crippen LogP contribution in [-0.4, -0.2) is 11.1 Å². The SMILES string of the molecule is CCC/C(=C\C(=O)O)c1ccc(Br)c(C)c1. The lowest BCUT2D eigenvalue weighted by Gasteiger charge is -2.07. The summed E-state index contributed by atoms with van der Waals surface area (Å²) in [6.07, 6.45) is 3.02. The van der Waals surface area contributed by atoms with Gasteiger partial charge in [-0.05, 0) is 36.1 Å². The molecule has 0 bridgehead atoms. The number of allylic oxidation sites excluding steroid dienone is 1. The maximum Gasteiger partial charge on any atom is 0.328 e. The van der Waals surface area contributed by atoms with E-state index in [0.717, 1.165) is 34.0 Å². The van der Waals surface area contributed by atoms with Crippen LogP contribution in [0.3, 0.4) is 0 Å². The van der Waals surface area contributed by atoms with Gasteiger partial charge in [0.15, 0.2) is 0 Å². The standard InChI is InChI=1S/C13H15BrO2/c1-3-4-10(8-13(15)16)11-5-6-12(14)9(2)7-11/h5-8H,3-4H2,1-2H3,(H,15,16)/b10-8+. The molecule has 0 radical (unpaired) electrons. The Morgan fingerprint density at radius 1 is 1.50 bits per heavy atom. The van der Waals surface area contributed by atoms with Crippen molar-refractivity contribution in [3.05, 3.63) is 39.9 Å². The molecule has 0 unspecified atom stereocenters.